The second kappa shape index (κ2) is 8.29. The van der Waals surface area contributed by atoms with Crippen molar-refractivity contribution in [3.05, 3.63) is 35.4 Å². The molecule has 1 aromatic carbocycles. The minimum absolute atomic E-state index is 0.0980. The highest BCUT2D eigenvalue weighted by Gasteiger charge is 2.06. The standard InChI is InChI=1S/C15H21NO3/c1-3-12-7-5-8-13(11-12)15(18)16-10-6-9-14(17)19-4-2/h5,7-8,11H,3-4,6,9-10H2,1-2H3,(H,16,18). The number of ether oxygens (including phenoxy) is 1. The topological polar surface area (TPSA) is 55.4 Å². The quantitative estimate of drug-likeness (QED) is 0.606. The lowest BCUT2D eigenvalue weighted by atomic mass is 10.1. The molecule has 0 atom stereocenters. The van der Waals surface area contributed by atoms with Gasteiger partial charge in [0.2, 0.25) is 0 Å². The molecule has 0 spiro atoms. The molecule has 0 aliphatic carbocycles. The number of esters is 1. The van der Waals surface area contributed by atoms with E-state index in [4.69, 9.17) is 4.74 Å². The van der Waals surface area contributed by atoms with E-state index in [9.17, 15) is 9.59 Å². The van der Waals surface area contributed by atoms with Crippen LogP contribution >= 0.6 is 0 Å². The number of carbonyl (C=O) groups is 2. The van der Waals surface area contributed by atoms with E-state index in [0.717, 1.165) is 12.0 Å². The van der Waals surface area contributed by atoms with E-state index < -0.39 is 0 Å². The highest BCUT2D eigenvalue weighted by Crippen LogP contribution is 2.05. The van der Waals surface area contributed by atoms with E-state index >= 15 is 0 Å². The van der Waals surface area contributed by atoms with Crippen molar-refractivity contribution in [2.75, 3.05) is 13.2 Å². The van der Waals surface area contributed by atoms with E-state index in [0.29, 0.717) is 31.6 Å². The summed E-state index contributed by atoms with van der Waals surface area (Å²) < 4.78 is 4.81. The van der Waals surface area contributed by atoms with Gasteiger partial charge in [0.1, 0.15) is 0 Å². The van der Waals surface area contributed by atoms with Crippen LogP contribution in [0.4, 0.5) is 0 Å². The van der Waals surface area contributed by atoms with Crippen LogP contribution in [-0.2, 0) is 16.0 Å². The van der Waals surface area contributed by atoms with Crippen molar-refractivity contribution in [3.63, 3.8) is 0 Å². The molecule has 0 bridgehead atoms. The summed E-state index contributed by atoms with van der Waals surface area (Å²) in [6.45, 7) is 4.71. The molecule has 0 saturated heterocycles. The molecule has 0 aliphatic heterocycles. The molecule has 19 heavy (non-hydrogen) atoms. The van der Waals surface area contributed by atoms with Gasteiger partial charge in [0, 0.05) is 18.5 Å². The maximum Gasteiger partial charge on any atom is 0.305 e. The average Bonchev–Trinajstić information content (AvgIpc) is 2.43. The first-order valence-corrected chi connectivity index (χ1v) is 6.70. The first-order chi connectivity index (χ1) is 9.17. The normalized spacial score (nSPS) is 10.0. The molecule has 4 heteroatoms. The molecule has 4 nitrogen and oxygen atoms in total. The summed E-state index contributed by atoms with van der Waals surface area (Å²) in [6.07, 6.45) is 1.84. The van der Waals surface area contributed by atoms with Crippen molar-refractivity contribution >= 4 is 11.9 Å². The third-order valence-electron chi connectivity index (χ3n) is 2.75. The number of benzene rings is 1. The predicted octanol–water partition coefficient (Wildman–Crippen LogP) is 2.32. The fourth-order valence-electron chi connectivity index (χ4n) is 1.70. The maximum absolute atomic E-state index is 11.9. The zero-order chi connectivity index (χ0) is 14.1. The monoisotopic (exact) mass is 263 g/mol. The van der Waals surface area contributed by atoms with Crippen LogP contribution < -0.4 is 5.32 Å². The molecule has 0 fully saturated rings. The van der Waals surface area contributed by atoms with Crippen LogP contribution in [-0.4, -0.2) is 25.0 Å². The van der Waals surface area contributed by atoms with Crippen molar-refractivity contribution in [1.82, 2.24) is 5.32 Å². The molecule has 1 aromatic rings. The Bertz CT molecular complexity index is 429. The van der Waals surface area contributed by atoms with E-state index in [2.05, 4.69) is 12.2 Å². The van der Waals surface area contributed by atoms with Crippen molar-refractivity contribution in [3.8, 4) is 0 Å². The molecule has 104 valence electrons. The van der Waals surface area contributed by atoms with E-state index in [-0.39, 0.29) is 11.9 Å². The zero-order valence-corrected chi connectivity index (χ0v) is 11.6. The van der Waals surface area contributed by atoms with Crippen LogP contribution in [0.25, 0.3) is 0 Å². The smallest absolute Gasteiger partial charge is 0.305 e. The van der Waals surface area contributed by atoms with Gasteiger partial charge in [-0.05, 0) is 37.5 Å². The fraction of sp³-hybridized carbons (Fsp3) is 0.467. The Labute approximate surface area is 114 Å². The molecule has 0 heterocycles. The van der Waals surface area contributed by atoms with Crippen LogP contribution in [0.5, 0.6) is 0 Å². The van der Waals surface area contributed by atoms with Crippen molar-refractivity contribution in [2.24, 2.45) is 0 Å². The Morgan fingerprint density at radius 1 is 1.26 bits per heavy atom. The Balaban J connectivity index is 2.33. The summed E-state index contributed by atoms with van der Waals surface area (Å²) >= 11 is 0. The lowest BCUT2D eigenvalue weighted by molar-refractivity contribution is -0.143. The molecular formula is C15H21NO3. The Kier molecular flexibility index (Phi) is 6.64. The SMILES string of the molecule is CCOC(=O)CCCNC(=O)c1cccc(CC)c1. The van der Waals surface area contributed by atoms with Crippen LogP contribution in [0.3, 0.4) is 0 Å². The first-order valence-electron chi connectivity index (χ1n) is 6.70. The Morgan fingerprint density at radius 2 is 2.05 bits per heavy atom. The molecule has 0 radical (unpaired) electrons. The maximum atomic E-state index is 11.9. The Hall–Kier alpha value is -1.84. The summed E-state index contributed by atoms with van der Waals surface area (Å²) in [5, 5.41) is 2.80. The van der Waals surface area contributed by atoms with Crippen LogP contribution in [0, 0.1) is 0 Å². The van der Waals surface area contributed by atoms with E-state index in [1.165, 1.54) is 0 Å². The predicted molar refractivity (Wildman–Crippen MR) is 74.0 cm³/mol. The molecule has 0 saturated carbocycles. The highest BCUT2D eigenvalue weighted by atomic mass is 16.5. The van der Waals surface area contributed by atoms with Gasteiger partial charge < -0.3 is 10.1 Å². The summed E-state index contributed by atoms with van der Waals surface area (Å²) in [7, 11) is 0. The van der Waals surface area contributed by atoms with Crippen LogP contribution in [0.15, 0.2) is 24.3 Å². The fourth-order valence-corrected chi connectivity index (χ4v) is 1.70. The summed E-state index contributed by atoms with van der Waals surface area (Å²) in [5.41, 5.74) is 1.80. The number of hydrogen-bond donors (Lipinski definition) is 1. The molecular weight excluding hydrogens is 242 g/mol. The van der Waals surface area contributed by atoms with Crippen LogP contribution in [0.1, 0.15) is 42.6 Å². The van der Waals surface area contributed by atoms with E-state index in [1.807, 2.05) is 18.2 Å². The second-order valence-corrected chi connectivity index (χ2v) is 4.22. The lowest BCUT2D eigenvalue weighted by Gasteiger charge is -2.06. The molecule has 0 aromatic heterocycles. The van der Waals surface area contributed by atoms with Crippen LogP contribution in [0.2, 0.25) is 0 Å². The highest BCUT2D eigenvalue weighted by molar-refractivity contribution is 5.94. The zero-order valence-electron chi connectivity index (χ0n) is 11.6. The number of amides is 1. The van der Waals surface area contributed by atoms with Gasteiger partial charge in [-0.25, -0.2) is 0 Å². The second-order valence-electron chi connectivity index (χ2n) is 4.22. The largest absolute Gasteiger partial charge is 0.466 e. The van der Waals surface area contributed by atoms with Gasteiger partial charge in [0.05, 0.1) is 6.61 Å². The minimum Gasteiger partial charge on any atom is -0.466 e. The van der Waals surface area contributed by atoms with Gasteiger partial charge >= 0.3 is 5.97 Å². The number of hydrogen-bond acceptors (Lipinski definition) is 3. The van der Waals surface area contributed by atoms with E-state index in [1.54, 1.807) is 13.0 Å². The molecule has 1 rings (SSSR count). The molecule has 0 aliphatic rings. The summed E-state index contributed by atoms with van der Waals surface area (Å²) in [4.78, 5) is 23.0. The van der Waals surface area contributed by atoms with Gasteiger partial charge in [0.15, 0.2) is 0 Å². The van der Waals surface area contributed by atoms with Crippen molar-refractivity contribution in [1.29, 1.82) is 0 Å². The van der Waals surface area contributed by atoms with Gasteiger partial charge in [-0.2, -0.15) is 0 Å². The van der Waals surface area contributed by atoms with Gasteiger partial charge in [-0.3, -0.25) is 9.59 Å². The molecule has 0 unspecified atom stereocenters. The van der Waals surface area contributed by atoms with Gasteiger partial charge in [-0.1, -0.05) is 19.1 Å². The number of rotatable bonds is 7. The third-order valence-corrected chi connectivity index (χ3v) is 2.75. The number of carbonyl (C=O) groups excluding carboxylic acids is 2. The van der Waals surface area contributed by atoms with Crippen molar-refractivity contribution in [2.45, 2.75) is 33.1 Å². The van der Waals surface area contributed by atoms with Gasteiger partial charge in [0.25, 0.3) is 5.91 Å². The number of nitrogens with one attached hydrogen (secondary N) is 1. The Morgan fingerprint density at radius 3 is 2.74 bits per heavy atom. The third kappa shape index (κ3) is 5.55. The molecule has 1 N–H and O–H groups in total. The van der Waals surface area contributed by atoms with Crippen molar-refractivity contribution < 1.29 is 14.3 Å². The minimum atomic E-state index is -0.218. The average molecular weight is 263 g/mol. The summed E-state index contributed by atoms with van der Waals surface area (Å²) in [5.74, 6) is -0.316. The number of aryl methyl sites for hydroxylation is 1. The first kappa shape index (κ1) is 15.2. The summed E-state index contributed by atoms with van der Waals surface area (Å²) in [6, 6.07) is 7.56. The van der Waals surface area contributed by atoms with Gasteiger partial charge in [-0.15, -0.1) is 0 Å². The molecule has 1 amide bonds. The lowest BCUT2D eigenvalue weighted by Crippen LogP contribution is -2.25.